The van der Waals surface area contributed by atoms with Crippen molar-refractivity contribution in [1.29, 1.82) is 0 Å². The zero-order chi connectivity index (χ0) is 23.5. The first-order valence-corrected chi connectivity index (χ1v) is 11.6. The number of nitrogens with zero attached hydrogens (tertiary/aromatic N) is 8. The van der Waals surface area contributed by atoms with Gasteiger partial charge in [0.15, 0.2) is 17.0 Å². The van der Waals surface area contributed by atoms with E-state index in [1.807, 2.05) is 24.5 Å². The van der Waals surface area contributed by atoms with Crippen LogP contribution in [0.4, 0.5) is 5.69 Å². The topological polar surface area (TPSA) is 108 Å². The van der Waals surface area contributed by atoms with Crippen LogP contribution in [0.5, 0.6) is 0 Å². The number of pyridine rings is 1. The predicted molar refractivity (Wildman–Crippen MR) is 128 cm³/mol. The maximum absolute atomic E-state index is 12.8. The van der Waals surface area contributed by atoms with Gasteiger partial charge in [-0.05, 0) is 47.2 Å². The molecule has 1 saturated heterocycles. The van der Waals surface area contributed by atoms with Gasteiger partial charge in [-0.15, -0.1) is 0 Å². The van der Waals surface area contributed by atoms with Crippen molar-refractivity contribution in [2.24, 2.45) is 18.9 Å². The second kappa shape index (κ2) is 7.59. The van der Waals surface area contributed by atoms with Crippen LogP contribution < -0.4 is 10.5 Å². The smallest absolute Gasteiger partial charge is 0.280 e. The van der Waals surface area contributed by atoms with Crippen LogP contribution >= 0.6 is 0 Å². The fraction of sp³-hybridized carbons (Fsp3) is 0.280. The molecule has 0 N–H and O–H groups in total. The van der Waals surface area contributed by atoms with Crippen molar-refractivity contribution in [3.8, 4) is 11.1 Å². The molecule has 2 fully saturated rings. The van der Waals surface area contributed by atoms with Crippen molar-refractivity contribution in [2.75, 3.05) is 18.0 Å². The summed E-state index contributed by atoms with van der Waals surface area (Å²) in [5, 5.41) is 4.24. The molecule has 0 radical (unpaired) electrons. The van der Waals surface area contributed by atoms with Crippen molar-refractivity contribution in [1.82, 2.24) is 34.2 Å². The number of benzene rings is 1. The van der Waals surface area contributed by atoms with E-state index < -0.39 is 0 Å². The average molecular weight is 467 g/mol. The Morgan fingerprint density at radius 1 is 1.03 bits per heavy atom. The van der Waals surface area contributed by atoms with Gasteiger partial charge in [0.25, 0.3) is 5.56 Å². The van der Waals surface area contributed by atoms with Gasteiger partial charge < -0.3 is 14.0 Å². The van der Waals surface area contributed by atoms with Gasteiger partial charge in [-0.25, -0.2) is 9.97 Å². The Hall–Kier alpha value is -4.34. The number of aryl methyl sites for hydroxylation is 1. The highest BCUT2D eigenvalue weighted by molar-refractivity contribution is 5.69. The van der Waals surface area contributed by atoms with E-state index in [4.69, 9.17) is 4.52 Å². The predicted octanol–water partition coefficient (Wildman–Crippen LogP) is 2.47. The number of rotatable bonds is 5. The molecule has 1 aromatic carbocycles. The quantitative estimate of drug-likeness (QED) is 0.389. The lowest BCUT2D eigenvalue weighted by molar-refractivity contribution is 0.363. The monoisotopic (exact) mass is 466 g/mol. The van der Waals surface area contributed by atoms with Crippen LogP contribution in [0.2, 0.25) is 0 Å². The van der Waals surface area contributed by atoms with E-state index in [1.54, 1.807) is 17.9 Å². The Labute approximate surface area is 199 Å². The molecular weight excluding hydrogens is 444 g/mol. The molecule has 0 unspecified atom stereocenters. The molecule has 35 heavy (non-hydrogen) atoms. The molecule has 2 aliphatic rings. The molecular formula is C25H22N8O2. The van der Waals surface area contributed by atoms with Crippen molar-refractivity contribution in [3.63, 3.8) is 0 Å². The van der Waals surface area contributed by atoms with Crippen LogP contribution in [0.3, 0.4) is 0 Å². The lowest BCUT2D eigenvalue weighted by Gasteiger charge is -2.22. The first-order chi connectivity index (χ1) is 17.2. The van der Waals surface area contributed by atoms with Gasteiger partial charge in [0, 0.05) is 44.1 Å². The third kappa shape index (κ3) is 3.32. The van der Waals surface area contributed by atoms with E-state index in [0.717, 1.165) is 18.9 Å². The fourth-order valence-electron chi connectivity index (χ4n) is 5.34. The Morgan fingerprint density at radius 2 is 1.83 bits per heavy atom. The van der Waals surface area contributed by atoms with Gasteiger partial charge >= 0.3 is 0 Å². The van der Waals surface area contributed by atoms with E-state index in [1.165, 1.54) is 27.7 Å². The Balaban J connectivity index is 1.05. The lowest BCUT2D eigenvalue weighted by atomic mass is 10.1. The molecule has 5 aromatic rings. The molecule has 3 atom stereocenters. The van der Waals surface area contributed by atoms with E-state index in [2.05, 4.69) is 54.3 Å². The number of anilines is 1. The Kier molecular flexibility index (Phi) is 4.35. The molecule has 0 spiro atoms. The van der Waals surface area contributed by atoms with Crippen molar-refractivity contribution >= 4 is 16.9 Å². The first kappa shape index (κ1) is 20.1. The number of imidazole rings is 1. The van der Waals surface area contributed by atoms with Crippen LogP contribution in [0.15, 0.2) is 70.8 Å². The third-order valence-electron chi connectivity index (χ3n) is 7.21. The Morgan fingerprint density at radius 3 is 2.66 bits per heavy atom. The molecule has 1 aliphatic carbocycles. The zero-order valence-corrected chi connectivity index (χ0v) is 19.0. The van der Waals surface area contributed by atoms with E-state index in [0.29, 0.717) is 34.8 Å². The third-order valence-corrected chi connectivity index (χ3v) is 7.21. The van der Waals surface area contributed by atoms with Gasteiger partial charge in [-0.1, -0.05) is 17.3 Å². The molecule has 4 aromatic heterocycles. The molecule has 0 amide bonds. The molecule has 0 bridgehead atoms. The van der Waals surface area contributed by atoms with Gasteiger partial charge in [0.1, 0.15) is 12.9 Å². The summed E-state index contributed by atoms with van der Waals surface area (Å²) >= 11 is 0. The number of aromatic nitrogens is 7. The molecule has 5 heterocycles. The van der Waals surface area contributed by atoms with Gasteiger partial charge in [0.05, 0.1) is 6.33 Å². The van der Waals surface area contributed by atoms with Crippen LogP contribution in [0.1, 0.15) is 17.6 Å². The SMILES string of the molecule is Cn1cnc2ncn(Cc3nc([C@H]4[C@@H]5CN(c6cccc(-c7ccncc7)c6)C[C@@H]54)no3)c(=O)c21. The maximum Gasteiger partial charge on any atom is 0.280 e. The molecule has 10 nitrogen and oxygen atoms in total. The molecule has 10 heteroatoms. The highest BCUT2D eigenvalue weighted by atomic mass is 16.5. The minimum Gasteiger partial charge on any atom is -0.371 e. The summed E-state index contributed by atoms with van der Waals surface area (Å²) in [6.45, 7) is 2.13. The lowest BCUT2D eigenvalue weighted by Crippen LogP contribution is -2.24. The number of piperidine rings is 1. The maximum atomic E-state index is 12.8. The van der Waals surface area contributed by atoms with Crippen molar-refractivity contribution < 1.29 is 4.52 Å². The normalized spacial score (nSPS) is 20.9. The minimum absolute atomic E-state index is 0.178. The molecule has 7 rings (SSSR count). The fourth-order valence-corrected chi connectivity index (χ4v) is 5.34. The summed E-state index contributed by atoms with van der Waals surface area (Å²) in [7, 11) is 1.78. The minimum atomic E-state index is -0.178. The summed E-state index contributed by atoms with van der Waals surface area (Å²) in [5.41, 5.74) is 4.30. The van der Waals surface area contributed by atoms with Crippen LogP contribution in [0, 0.1) is 11.8 Å². The molecule has 1 aliphatic heterocycles. The van der Waals surface area contributed by atoms with Crippen LogP contribution in [-0.2, 0) is 13.6 Å². The van der Waals surface area contributed by atoms with Crippen LogP contribution in [-0.4, -0.2) is 47.3 Å². The second-order valence-corrected chi connectivity index (χ2v) is 9.30. The van der Waals surface area contributed by atoms with Gasteiger partial charge in [-0.3, -0.25) is 14.3 Å². The standard InChI is InChI=1S/C25H22N8O2/c1-31-13-27-24-22(31)25(34)33(14-28-24)12-20-29-23(30-35-20)21-18-10-32(11-19(18)21)17-4-2-3-16(9-17)15-5-7-26-8-6-15/h2-9,13-14,18-19,21H,10-12H2,1H3/t18-,19+,21+. The Bertz CT molecular complexity index is 1590. The van der Waals surface area contributed by atoms with Crippen LogP contribution in [0.25, 0.3) is 22.3 Å². The van der Waals surface area contributed by atoms with Gasteiger partial charge in [0.2, 0.25) is 5.89 Å². The van der Waals surface area contributed by atoms with E-state index in [-0.39, 0.29) is 12.1 Å². The second-order valence-electron chi connectivity index (χ2n) is 9.30. The number of hydrogen-bond donors (Lipinski definition) is 0. The number of hydrogen-bond acceptors (Lipinski definition) is 8. The molecule has 1 saturated carbocycles. The highest BCUT2D eigenvalue weighted by Gasteiger charge is 2.58. The first-order valence-electron chi connectivity index (χ1n) is 11.6. The molecule has 174 valence electrons. The summed E-state index contributed by atoms with van der Waals surface area (Å²) < 4.78 is 8.65. The zero-order valence-electron chi connectivity index (χ0n) is 19.0. The largest absolute Gasteiger partial charge is 0.371 e. The summed E-state index contributed by atoms with van der Waals surface area (Å²) in [4.78, 5) is 32.3. The van der Waals surface area contributed by atoms with E-state index >= 15 is 0 Å². The van der Waals surface area contributed by atoms with Gasteiger partial charge in [-0.2, -0.15) is 4.98 Å². The van der Waals surface area contributed by atoms with Crippen molar-refractivity contribution in [3.05, 3.63) is 83.5 Å². The highest BCUT2D eigenvalue weighted by Crippen LogP contribution is 2.58. The summed E-state index contributed by atoms with van der Waals surface area (Å²) in [5.74, 6) is 2.49. The van der Waals surface area contributed by atoms with Crippen molar-refractivity contribution in [2.45, 2.75) is 12.5 Å². The number of fused-ring (bicyclic) bond motifs is 2. The summed E-state index contributed by atoms with van der Waals surface area (Å²) in [6.07, 6.45) is 6.70. The average Bonchev–Trinajstić information content (AvgIpc) is 3.30. The van der Waals surface area contributed by atoms with E-state index in [9.17, 15) is 4.79 Å². The summed E-state index contributed by atoms with van der Waals surface area (Å²) in [6, 6.07) is 12.7.